The van der Waals surface area contributed by atoms with Gasteiger partial charge >= 0.3 is 0 Å². The molecule has 1 fully saturated rings. The molecule has 1 saturated heterocycles. The molecule has 0 saturated carbocycles. The molecule has 4 nitrogen and oxygen atoms in total. The van der Waals surface area contributed by atoms with Crippen molar-refractivity contribution in [2.24, 2.45) is 11.8 Å². The lowest BCUT2D eigenvalue weighted by molar-refractivity contribution is -0.0351. The molecule has 1 N–H and O–H groups in total. The highest BCUT2D eigenvalue weighted by Crippen LogP contribution is 2.06. The monoisotopic (exact) mass is 330 g/mol. The van der Waals surface area contributed by atoms with E-state index < -0.39 is 0 Å². The molecule has 1 atom stereocenters. The van der Waals surface area contributed by atoms with E-state index in [-0.39, 0.29) is 0 Å². The van der Waals surface area contributed by atoms with Gasteiger partial charge in [-0.15, -0.1) is 0 Å². The fourth-order valence-electron chi connectivity index (χ4n) is 2.53. The van der Waals surface area contributed by atoms with Crippen molar-refractivity contribution in [3.05, 3.63) is 0 Å². The van der Waals surface area contributed by atoms with Crippen LogP contribution in [-0.2, 0) is 9.47 Å². The molecule has 0 aromatic rings. The number of nitrogens with zero attached hydrogens (tertiary/aromatic N) is 1. The normalized spacial score (nSPS) is 19.0. The van der Waals surface area contributed by atoms with E-state index in [1.807, 2.05) is 13.8 Å². The van der Waals surface area contributed by atoms with E-state index >= 15 is 0 Å². The second-order valence-corrected chi connectivity index (χ2v) is 6.99. The van der Waals surface area contributed by atoms with Gasteiger partial charge in [-0.3, -0.25) is 4.90 Å². The summed E-state index contributed by atoms with van der Waals surface area (Å²) in [6, 6.07) is 0. The Labute approximate surface area is 145 Å². The van der Waals surface area contributed by atoms with E-state index in [9.17, 15) is 0 Å². The fourth-order valence-corrected chi connectivity index (χ4v) is 2.53. The summed E-state index contributed by atoms with van der Waals surface area (Å²) in [7, 11) is 0. The molecule has 1 aliphatic heterocycles. The van der Waals surface area contributed by atoms with Gasteiger partial charge < -0.3 is 14.8 Å². The van der Waals surface area contributed by atoms with Gasteiger partial charge in [0.15, 0.2) is 0 Å². The molecule has 0 amide bonds. The Bertz CT molecular complexity index is 248. The average Bonchev–Trinajstić information content (AvgIpc) is 2.52. The van der Waals surface area contributed by atoms with Crippen molar-refractivity contribution in [1.82, 2.24) is 10.2 Å². The first-order valence-corrected chi connectivity index (χ1v) is 9.70. The molecule has 140 valence electrons. The van der Waals surface area contributed by atoms with Crippen molar-refractivity contribution in [1.29, 1.82) is 0 Å². The number of ether oxygens (including phenoxy) is 2. The third-order valence-corrected chi connectivity index (χ3v) is 3.77. The van der Waals surface area contributed by atoms with Crippen molar-refractivity contribution in [2.45, 2.75) is 60.5 Å². The number of hydrogen-bond donors (Lipinski definition) is 1. The minimum Gasteiger partial charge on any atom is -0.380 e. The van der Waals surface area contributed by atoms with E-state index in [1.165, 1.54) is 12.8 Å². The van der Waals surface area contributed by atoms with Gasteiger partial charge in [-0.25, -0.2) is 0 Å². The zero-order valence-electron chi connectivity index (χ0n) is 16.6. The van der Waals surface area contributed by atoms with Crippen LogP contribution in [0.2, 0.25) is 0 Å². The molecule has 0 spiro atoms. The Kier molecular flexibility index (Phi) is 15.3. The van der Waals surface area contributed by atoms with Gasteiger partial charge in [0.25, 0.3) is 0 Å². The highest BCUT2D eigenvalue weighted by molar-refractivity contribution is 4.73. The van der Waals surface area contributed by atoms with E-state index in [4.69, 9.17) is 9.47 Å². The average molecular weight is 331 g/mol. The first kappa shape index (κ1) is 22.8. The predicted octanol–water partition coefficient (Wildman–Crippen LogP) is 3.41. The largest absolute Gasteiger partial charge is 0.380 e. The van der Waals surface area contributed by atoms with Gasteiger partial charge in [-0.2, -0.15) is 0 Å². The standard InChI is InChI=1S/C17H36N2O2.C2H6/c1-15(2)6-5-9-20-10-7-19-8-11-21-17(14-19)13-18-12-16(3)4;1-2/h15-18H,5-14H2,1-4H3;1-2H3. The number of rotatable bonds is 11. The first-order chi connectivity index (χ1) is 11.1. The second-order valence-electron chi connectivity index (χ2n) is 6.99. The summed E-state index contributed by atoms with van der Waals surface area (Å²) in [6.07, 6.45) is 2.78. The van der Waals surface area contributed by atoms with Crippen molar-refractivity contribution in [3.63, 3.8) is 0 Å². The van der Waals surface area contributed by atoms with Crippen LogP contribution < -0.4 is 5.32 Å². The fraction of sp³-hybridized carbons (Fsp3) is 1.00. The highest BCUT2D eigenvalue weighted by Gasteiger charge is 2.19. The maximum Gasteiger partial charge on any atom is 0.0826 e. The molecule has 0 aliphatic carbocycles. The molecule has 0 bridgehead atoms. The molecule has 4 heteroatoms. The summed E-state index contributed by atoms with van der Waals surface area (Å²) < 4.78 is 11.6. The summed E-state index contributed by atoms with van der Waals surface area (Å²) in [6.45, 7) is 20.7. The molecule has 1 unspecified atom stereocenters. The van der Waals surface area contributed by atoms with E-state index in [1.54, 1.807) is 0 Å². The second kappa shape index (κ2) is 15.4. The Morgan fingerprint density at radius 3 is 2.52 bits per heavy atom. The SMILES string of the molecule is CC.CC(C)CCCOCCN1CCOC(CNCC(C)C)C1. The number of nitrogens with one attached hydrogen (secondary N) is 1. The molecular weight excluding hydrogens is 288 g/mol. The van der Waals surface area contributed by atoms with Crippen molar-refractivity contribution >= 4 is 0 Å². The van der Waals surface area contributed by atoms with E-state index in [2.05, 4.69) is 37.9 Å². The smallest absolute Gasteiger partial charge is 0.0826 e. The van der Waals surface area contributed by atoms with E-state index in [0.29, 0.717) is 12.0 Å². The van der Waals surface area contributed by atoms with Crippen LogP contribution in [0.4, 0.5) is 0 Å². The van der Waals surface area contributed by atoms with Crippen LogP contribution in [0.3, 0.4) is 0 Å². The van der Waals surface area contributed by atoms with Gasteiger partial charge in [0.1, 0.15) is 0 Å². The van der Waals surface area contributed by atoms with Crippen LogP contribution in [0.1, 0.15) is 54.4 Å². The quantitative estimate of drug-likeness (QED) is 0.589. The van der Waals surface area contributed by atoms with Crippen molar-refractivity contribution in [3.8, 4) is 0 Å². The minimum atomic E-state index is 0.332. The maximum atomic E-state index is 5.82. The number of morpholine rings is 1. The molecule has 1 heterocycles. The van der Waals surface area contributed by atoms with Crippen LogP contribution in [-0.4, -0.2) is 63.5 Å². The predicted molar refractivity (Wildman–Crippen MR) is 100 cm³/mol. The molecule has 0 aromatic heterocycles. The summed E-state index contributed by atoms with van der Waals surface area (Å²) in [4.78, 5) is 2.47. The van der Waals surface area contributed by atoms with Crippen LogP contribution >= 0.6 is 0 Å². The first-order valence-electron chi connectivity index (χ1n) is 9.70. The molecular formula is C19H42N2O2. The van der Waals surface area contributed by atoms with Crippen molar-refractivity contribution in [2.75, 3.05) is 52.5 Å². The van der Waals surface area contributed by atoms with Gasteiger partial charge in [-0.05, 0) is 31.2 Å². The highest BCUT2D eigenvalue weighted by atomic mass is 16.5. The molecule has 1 rings (SSSR count). The molecule has 1 aliphatic rings. The lowest BCUT2D eigenvalue weighted by Crippen LogP contribution is -2.47. The molecule has 0 aromatic carbocycles. The lowest BCUT2D eigenvalue weighted by atomic mass is 10.1. The van der Waals surface area contributed by atoms with Gasteiger partial charge in [0.05, 0.1) is 19.3 Å². The van der Waals surface area contributed by atoms with Crippen LogP contribution in [0.5, 0.6) is 0 Å². The topological polar surface area (TPSA) is 33.7 Å². The van der Waals surface area contributed by atoms with E-state index in [0.717, 1.165) is 58.5 Å². The Morgan fingerprint density at radius 1 is 1.13 bits per heavy atom. The van der Waals surface area contributed by atoms with Crippen molar-refractivity contribution < 1.29 is 9.47 Å². The zero-order valence-corrected chi connectivity index (χ0v) is 16.6. The van der Waals surface area contributed by atoms with Gasteiger partial charge in [0.2, 0.25) is 0 Å². The van der Waals surface area contributed by atoms with Gasteiger partial charge in [-0.1, -0.05) is 41.5 Å². The van der Waals surface area contributed by atoms with Crippen LogP contribution in [0.25, 0.3) is 0 Å². The Morgan fingerprint density at radius 2 is 1.87 bits per heavy atom. The summed E-state index contributed by atoms with van der Waals surface area (Å²) >= 11 is 0. The third-order valence-electron chi connectivity index (χ3n) is 3.77. The Balaban J connectivity index is 0.00000232. The Hall–Kier alpha value is -0.160. The minimum absolute atomic E-state index is 0.332. The third kappa shape index (κ3) is 13.9. The van der Waals surface area contributed by atoms with Crippen LogP contribution in [0, 0.1) is 11.8 Å². The van der Waals surface area contributed by atoms with Gasteiger partial charge in [0, 0.05) is 32.8 Å². The summed E-state index contributed by atoms with van der Waals surface area (Å²) in [5, 5.41) is 3.49. The lowest BCUT2D eigenvalue weighted by Gasteiger charge is -2.33. The summed E-state index contributed by atoms with van der Waals surface area (Å²) in [5.41, 5.74) is 0. The van der Waals surface area contributed by atoms with Crippen LogP contribution in [0.15, 0.2) is 0 Å². The maximum absolute atomic E-state index is 5.82. The number of hydrogen-bond acceptors (Lipinski definition) is 4. The zero-order chi connectivity index (χ0) is 17.5. The summed E-state index contributed by atoms with van der Waals surface area (Å²) in [5.74, 6) is 1.48. The molecule has 23 heavy (non-hydrogen) atoms. The molecule has 0 radical (unpaired) electrons.